The summed E-state index contributed by atoms with van der Waals surface area (Å²) in [5.74, 6) is 6.44. The van der Waals surface area contributed by atoms with Crippen molar-refractivity contribution in [1.82, 2.24) is 20.1 Å². The highest BCUT2D eigenvalue weighted by atomic mass is 16.2. The largest absolute Gasteiger partial charge is 0.384 e. The number of aromatic amines is 1. The zero-order valence-corrected chi connectivity index (χ0v) is 11.9. The van der Waals surface area contributed by atoms with Gasteiger partial charge in [0.1, 0.15) is 12.4 Å². The minimum Gasteiger partial charge on any atom is -0.384 e. The maximum atomic E-state index is 12.5. The molecule has 1 aromatic carbocycles. The molecule has 0 saturated heterocycles. The Morgan fingerprint density at radius 3 is 2.86 bits per heavy atom. The van der Waals surface area contributed by atoms with Gasteiger partial charge in [-0.25, -0.2) is 4.98 Å². The molecule has 108 valence electrons. The first-order valence-corrected chi connectivity index (χ1v) is 6.44. The molecular formula is C15H16N4O2. The molecule has 1 amide bonds. The summed E-state index contributed by atoms with van der Waals surface area (Å²) in [4.78, 5) is 18.2. The van der Waals surface area contributed by atoms with Gasteiger partial charge < -0.3 is 10.0 Å². The van der Waals surface area contributed by atoms with Crippen molar-refractivity contribution in [3.63, 3.8) is 0 Å². The third kappa shape index (κ3) is 3.68. The number of aliphatic hydroxyl groups is 1. The molecule has 1 heterocycles. The Morgan fingerprint density at radius 1 is 1.43 bits per heavy atom. The number of aliphatic hydroxyl groups excluding tert-OH is 1. The van der Waals surface area contributed by atoms with Gasteiger partial charge in [-0.2, -0.15) is 5.10 Å². The molecular weight excluding hydrogens is 268 g/mol. The predicted octanol–water partition coefficient (Wildman–Crippen LogP) is 0.729. The molecule has 2 aromatic rings. The second-order valence-electron chi connectivity index (χ2n) is 4.50. The number of hydrogen-bond donors (Lipinski definition) is 2. The molecule has 0 atom stereocenters. The van der Waals surface area contributed by atoms with Crippen molar-refractivity contribution in [3.05, 3.63) is 47.0 Å². The molecule has 0 radical (unpaired) electrons. The van der Waals surface area contributed by atoms with Gasteiger partial charge in [-0.15, -0.1) is 0 Å². The van der Waals surface area contributed by atoms with Crippen molar-refractivity contribution < 1.29 is 9.90 Å². The Labute approximate surface area is 122 Å². The molecule has 0 aliphatic heterocycles. The van der Waals surface area contributed by atoms with Crippen LogP contribution < -0.4 is 0 Å². The minimum atomic E-state index is -0.241. The van der Waals surface area contributed by atoms with Gasteiger partial charge in [0, 0.05) is 12.6 Å². The molecule has 2 rings (SSSR count). The van der Waals surface area contributed by atoms with Gasteiger partial charge in [0.05, 0.1) is 12.1 Å². The summed E-state index contributed by atoms with van der Waals surface area (Å²) < 4.78 is 0. The number of hydrogen-bond acceptors (Lipinski definition) is 4. The van der Waals surface area contributed by atoms with Crippen LogP contribution in [0.5, 0.6) is 0 Å². The van der Waals surface area contributed by atoms with Gasteiger partial charge in [0.25, 0.3) is 5.91 Å². The number of carbonyl (C=O) groups excluding carboxylic acids is 1. The first-order chi connectivity index (χ1) is 10.1. The first-order valence-electron chi connectivity index (χ1n) is 6.44. The number of nitrogens with one attached hydrogen (secondary N) is 1. The van der Waals surface area contributed by atoms with Crippen LogP contribution in [0.1, 0.15) is 27.6 Å². The number of aryl methyl sites for hydroxylation is 1. The molecule has 0 spiro atoms. The summed E-state index contributed by atoms with van der Waals surface area (Å²) in [7, 11) is 1.68. The number of rotatable bonds is 3. The van der Waals surface area contributed by atoms with E-state index in [-0.39, 0.29) is 12.5 Å². The van der Waals surface area contributed by atoms with Gasteiger partial charge in [0.2, 0.25) is 0 Å². The van der Waals surface area contributed by atoms with Crippen LogP contribution in [0.15, 0.2) is 24.3 Å². The van der Waals surface area contributed by atoms with E-state index in [1.165, 1.54) is 4.90 Å². The van der Waals surface area contributed by atoms with Gasteiger partial charge in [-0.1, -0.05) is 24.0 Å². The fourth-order valence-electron chi connectivity index (χ4n) is 1.86. The van der Waals surface area contributed by atoms with E-state index < -0.39 is 0 Å². The zero-order valence-electron chi connectivity index (χ0n) is 11.9. The van der Waals surface area contributed by atoms with Crippen molar-refractivity contribution in [2.24, 2.45) is 0 Å². The second kappa shape index (κ2) is 6.68. The maximum Gasteiger partial charge on any atom is 0.255 e. The van der Waals surface area contributed by atoms with E-state index in [2.05, 4.69) is 27.0 Å². The summed E-state index contributed by atoms with van der Waals surface area (Å²) in [6.07, 6.45) is 0. The fraction of sp³-hybridized carbons (Fsp3) is 0.267. The van der Waals surface area contributed by atoms with Gasteiger partial charge in [0.15, 0.2) is 5.82 Å². The number of amides is 1. The number of carbonyl (C=O) groups is 1. The minimum absolute atomic E-state index is 0.166. The number of benzene rings is 1. The van der Waals surface area contributed by atoms with Crippen LogP contribution in [0.4, 0.5) is 0 Å². The van der Waals surface area contributed by atoms with Crippen LogP contribution in [0, 0.1) is 18.8 Å². The average molecular weight is 284 g/mol. The van der Waals surface area contributed by atoms with Gasteiger partial charge in [-0.3, -0.25) is 9.89 Å². The standard InChI is InChI=1S/C15H16N4O2/c1-11-16-14(18-17-11)10-19(2)15(21)13-8-4-3-6-12(13)7-5-9-20/h3-4,6,8,20H,9-10H2,1-2H3,(H,16,17,18). The van der Waals surface area contributed by atoms with Crippen molar-refractivity contribution in [3.8, 4) is 11.8 Å². The SMILES string of the molecule is Cc1nc(CN(C)C(=O)c2ccccc2C#CCO)n[nH]1. The van der Waals surface area contributed by atoms with Crippen molar-refractivity contribution >= 4 is 5.91 Å². The van der Waals surface area contributed by atoms with Gasteiger partial charge in [-0.05, 0) is 19.1 Å². The molecule has 0 aliphatic rings. The van der Waals surface area contributed by atoms with E-state index in [0.29, 0.717) is 29.3 Å². The topological polar surface area (TPSA) is 82.1 Å². The Hall–Kier alpha value is -2.65. The Bertz CT molecular complexity index is 697. The highest BCUT2D eigenvalue weighted by Crippen LogP contribution is 2.11. The lowest BCUT2D eigenvalue weighted by atomic mass is 10.1. The molecule has 2 N–H and O–H groups in total. The Kier molecular flexibility index (Phi) is 4.69. The lowest BCUT2D eigenvalue weighted by Gasteiger charge is -2.16. The number of H-pyrrole nitrogens is 1. The third-order valence-corrected chi connectivity index (χ3v) is 2.83. The lowest BCUT2D eigenvalue weighted by molar-refractivity contribution is 0.0781. The van der Waals surface area contributed by atoms with Crippen molar-refractivity contribution in [2.45, 2.75) is 13.5 Å². The van der Waals surface area contributed by atoms with Crippen LogP contribution >= 0.6 is 0 Å². The second-order valence-corrected chi connectivity index (χ2v) is 4.50. The van der Waals surface area contributed by atoms with Crippen LogP contribution in [0.3, 0.4) is 0 Å². The number of nitrogens with zero attached hydrogens (tertiary/aromatic N) is 3. The van der Waals surface area contributed by atoms with Crippen molar-refractivity contribution in [1.29, 1.82) is 0 Å². The summed E-state index contributed by atoms with van der Waals surface area (Å²) in [5.41, 5.74) is 1.09. The van der Waals surface area contributed by atoms with Crippen LogP contribution in [-0.4, -0.2) is 44.7 Å². The molecule has 0 unspecified atom stereocenters. The molecule has 6 heteroatoms. The van der Waals surface area contributed by atoms with E-state index in [1.807, 2.05) is 0 Å². The summed E-state index contributed by atoms with van der Waals surface area (Å²) in [6.45, 7) is 1.87. The van der Waals surface area contributed by atoms with E-state index in [4.69, 9.17) is 5.11 Å². The lowest BCUT2D eigenvalue weighted by Crippen LogP contribution is -2.27. The molecule has 6 nitrogen and oxygen atoms in total. The van der Waals surface area contributed by atoms with E-state index >= 15 is 0 Å². The predicted molar refractivity (Wildman–Crippen MR) is 77.3 cm³/mol. The fourth-order valence-corrected chi connectivity index (χ4v) is 1.86. The monoisotopic (exact) mass is 284 g/mol. The highest BCUT2D eigenvalue weighted by molar-refractivity contribution is 5.96. The average Bonchev–Trinajstić information content (AvgIpc) is 2.89. The molecule has 0 fully saturated rings. The normalized spacial score (nSPS) is 9.86. The van der Waals surface area contributed by atoms with Crippen LogP contribution in [0.25, 0.3) is 0 Å². The molecule has 0 bridgehead atoms. The van der Waals surface area contributed by atoms with E-state index in [1.54, 1.807) is 38.2 Å². The molecule has 0 aliphatic carbocycles. The maximum absolute atomic E-state index is 12.5. The third-order valence-electron chi connectivity index (χ3n) is 2.83. The smallest absolute Gasteiger partial charge is 0.255 e. The molecule has 0 saturated carbocycles. The highest BCUT2D eigenvalue weighted by Gasteiger charge is 2.16. The summed E-state index contributed by atoms with van der Waals surface area (Å²) >= 11 is 0. The molecule has 1 aromatic heterocycles. The summed E-state index contributed by atoms with van der Waals surface area (Å²) in [6, 6.07) is 7.04. The Balaban J connectivity index is 2.19. The number of aromatic nitrogens is 3. The van der Waals surface area contributed by atoms with Crippen LogP contribution in [0.2, 0.25) is 0 Å². The summed E-state index contributed by atoms with van der Waals surface area (Å²) in [5, 5.41) is 15.5. The van der Waals surface area contributed by atoms with E-state index in [9.17, 15) is 4.79 Å². The van der Waals surface area contributed by atoms with E-state index in [0.717, 1.165) is 0 Å². The molecule has 21 heavy (non-hydrogen) atoms. The Morgan fingerprint density at radius 2 is 2.19 bits per heavy atom. The van der Waals surface area contributed by atoms with Crippen LogP contribution in [-0.2, 0) is 6.54 Å². The van der Waals surface area contributed by atoms with Crippen molar-refractivity contribution in [2.75, 3.05) is 13.7 Å². The zero-order chi connectivity index (χ0) is 15.2. The van der Waals surface area contributed by atoms with Gasteiger partial charge >= 0.3 is 0 Å². The quantitative estimate of drug-likeness (QED) is 0.814. The first kappa shape index (κ1) is 14.8.